The molecular formula is C19H22N2O5S. The zero-order valence-electron chi connectivity index (χ0n) is 15.4. The van der Waals surface area contributed by atoms with E-state index in [1.54, 1.807) is 19.1 Å². The van der Waals surface area contributed by atoms with Gasteiger partial charge in [-0.15, -0.1) is 0 Å². The molecule has 0 aliphatic rings. The average molecular weight is 390 g/mol. The number of nitrogens with one attached hydrogen (secondary N) is 2. The van der Waals surface area contributed by atoms with E-state index in [9.17, 15) is 18.0 Å². The SMILES string of the molecule is CCCNC(=O)c1ccccc1NS(=O)(=O)c1ccc(C)c(C(=O)OC)c1. The summed E-state index contributed by atoms with van der Waals surface area (Å²) >= 11 is 0. The summed E-state index contributed by atoms with van der Waals surface area (Å²) in [5.41, 5.74) is 1.13. The molecule has 0 saturated heterocycles. The number of hydrogen-bond acceptors (Lipinski definition) is 5. The molecule has 2 rings (SSSR count). The minimum atomic E-state index is -4.01. The number of anilines is 1. The highest BCUT2D eigenvalue weighted by Crippen LogP contribution is 2.22. The van der Waals surface area contributed by atoms with Gasteiger partial charge in [0.25, 0.3) is 15.9 Å². The van der Waals surface area contributed by atoms with Crippen LogP contribution in [0.2, 0.25) is 0 Å². The summed E-state index contributed by atoms with van der Waals surface area (Å²) in [4.78, 5) is 24.0. The number of sulfonamides is 1. The van der Waals surface area contributed by atoms with Crippen molar-refractivity contribution in [1.29, 1.82) is 0 Å². The maximum Gasteiger partial charge on any atom is 0.338 e. The number of rotatable bonds is 7. The zero-order valence-corrected chi connectivity index (χ0v) is 16.2. The molecule has 0 saturated carbocycles. The van der Waals surface area contributed by atoms with E-state index in [0.717, 1.165) is 6.42 Å². The lowest BCUT2D eigenvalue weighted by atomic mass is 10.1. The molecule has 0 aromatic heterocycles. The molecule has 0 bridgehead atoms. The molecule has 0 aliphatic heterocycles. The summed E-state index contributed by atoms with van der Waals surface area (Å²) in [5, 5.41) is 2.72. The first-order valence-corrected chi connectivity index (χ1v) is 9.87. The van der Waals surface area contributed by atoms with E-state index in [1.165, 1.54) is 37.4 Å². The van der Waals surface area contributed by atoms with Crippen LogP contribution in [-0.2, 0) is 14.8 Å². The summed E-state index contributed by atoms with van der Waals surface area (Å²) in [6.07, 6.45) is 0.763. The Morgan fingerprint density at radius 2 is 1.78 bits per heavy atom. The Balaban J connectivity index is 2.38. The Kier molecular flexibility index (Phi) is 6.57. The second-order valence-corrected chi connectivity index (χ2v) is 7.56. The average Bonchev–Trinajstić information content (AvgIpc) is 2.65. The van der Waals surface area contributed by atoms with Gasteiger partial charge in [-0.1, -0.05) is 25.1 Å². The Labute approximate surface area is 158 Å². The molecule has 2 aromatic carbocycles. The van der Waals surface area contributed by atoms with Gasteiger partial charge in [0.1, 0.15) is 0 Å². The van der Waals surface area contributed by atoms with Crippen LogP contribution in [0, 0.1) is 6.92 Å². The summed E-state index contributed by atoms with van der Waals surface area (Å²) < 4.78 is 32.6. The van der Waals surface area contributed by atoms with Crippen LogP contribution < -0.4 is 10.0 Å². The Hall–Kier alpha value is -2.87. The third kappa shape index (κ3) is 4.85. The number of carbonyl (C=O) groups excluding carboxylic acids is 2. The number of esters is 1. The van der Waals surface area contributed by atoms with E-state index in [2.05, 4.69) is 14.8 Å². The number of methoxy groups -OCH3 is 1. The van der Waals surface area contributed by atoms with Crippen LogP contribution in [0.5, 0.6) is 0 Å². The maximum absolute atomic E-state index is 12.8. The first-order valence-electron chi connectivity index (χ1n) is 8.39. The van der Waals surface area contributed by atoms with Gasteiger partial charge in [0, 0.05) is 6.54 Å². The Morgan fingerprint density at radius 3 is 2.44 bits per heavy atom. The van der Waals surface area contributed by atoms with Gasteiger partial charge in [-0.05, 0) is 43.2 Å². The van der Waals surface area contributed by atoms with Crippen LogP contribution in [0.15, 0.2) is 47.4 Å². The van der Waals surface area contributed by atoms with E-state index in [-0.39, 0.29) is 27.6 Å². The van der Waals surface area contributed by atoms with E-state index >= 15 is 0 Å². The van der Waals surface area contributed by atoms with Gasteiger partial charge in [-0.3, -0.25) is 9.52 Å². The van der Waals surface area contributed by atoms with E-state index in [0.29, 0.717) is 12.1 Å². The van der Waals surface area contributed by atoms with Crippen molar-refractivity contribution in [2.45, 2.75) is 25.2 Å². The van der Waals surface area contributed by atoms with Crippen molar-refractivity contribution in [1.82, 2.24) is 5.32 Å². The number of aryl methyl sites for hydroxylation is 1. The van der Waals surface area contributed by atoms with Crippen molar-refractivity contribution < 1.29 is 22.7 Å². The zero-order chi connectivity index (χ0) is 20.0. The molecule has 0 radical (unpaired) electrons. The lowest BCUT2D eigenvalue weighted by molar-refractivity contribution is 0.0599. The number of ether oxygens (including phenoxy) is 1. The predicted octanol–water partition coefficient (Wildman–Crippen LogP) is 2.72. The van der Waals surface area contributed by atoms with Gasteiger partial charge in [0.05, 0.1) is 28.8 Å². The standard InChI is InChI=1S/C19H22N2O5S/c1-4-11-20-18(22)15-7-5-6-8-17(15)21-27(24,25)14-10-9-13(2)16(12-14)19(23)26-3/h5-10,12,21H,4,11H2,1-3H3,(H,20,22). The third-order valence-corrected chi connectivity index (χ3v) is 5.24. The van der Waals surface area contributed by atoms with Crippen molar-refractivity contribution in [3.8, 4) is 0 Å². The van der Waals surface area contributed by atoms with Gasteiger partial charge in [-0.25, -0.2) is 13.2 Å². The molecule has 8 heteroatoms. The summed E-state index contributed by atoms with van der Waals surface area (Å²) in [6.45, 7) is 4.09. The maximum atomic E-state index is 12.8. The smallest absolute Gasteiger partial charge is 0.338 e. The normalized spacial score (nSPS) is 10.9. The molecule has 144 valence electrons. The molecule has 2 N–H and O–H groups in total. The minimum absolute atomic E-state index is 0.0998. The highest BCUT2D eigenvalue weighted by Gasteiger charge is 2.21. The number of carbonyl (C=O) groups is 2. The van der Waals surface area contributed by atoms with Crippen molar-refractivity contribution in [2.24, 2.45) is 0 Å². The molecule has 0 unspecified atom stereocenters. The molecular weight excluding hydrogens is 368 g/mol. The highest BCUT2D eigenvalue weighted by molar-refractivity contribution is 7.92. The Morgan fingerprint density at radius 1 is 1.07 bits per heavy atom. The van der Waals surface area contributed by atoms with Crippen molar-refractivity contribution >= 4 is 27.6 Å². The third-order valence-electron chi connectivity index (χ3n) is 3.88. The van der Waals surface area contributed by atoms with Gasteiger partial charge in [-0.2, -0.15) is 0 Å². The molecule has 27 heavy (non-hydrogen) atoms. The van der Waals surface area contributed by atoms with Gasteiger partial charge in [0.15, 0.2) is 0 Å². The fraction of sp³-hybridized carbons (Fsp3) is 0.263. The van der Waals surface area contributed by atoms with Crippen molar-refractivity contribution in [3.05, 3.63) is 59.2 Å². The molecule has 0 spiro atoms. The first-order chi connectivity index (χ1) is 12.8. The lowest BCUT2D eigenvalue weighted by Gasteiger charge is -2.13. The van der Waals surface area contributed by atoms with E-state index < -0.39 is 16.0 Å². The topological polar surface area (TPSA) is 102 Å². The number of para-hydroxylation sites is 1. The van der Waals surface area contributed by atoms with Crippen LogP contribution in [0.3, 0.4) is 0 Å². The van der Waals surface area contributed by atoms with E-state index in [1.807, 2.05) is 6.92 Å². The van der Waals surface area contributed by atoms with E-state index in [4.69, 9.17) is 0 Å². The summed E-state index contributed by atoms with van der Waals surface area (Å²) in [5.74, 6) is -0.988. The van der Waals surface area contributed by atoms with Crippen LogP contribution in [0.25, 0.3) is 0 Å². The molecule has 7 nitrogen and oxygen atoms in total. The second kappa shape index (κ2) is 8.68. The Bertz CT molecular complexity index is 954. The number of hydrogen-bond donors (Lipinski definition) is 2. The monoisotopic (exact) mass is 390 g/mol. The first kappa shape index (κ1) is 20.4. The molecule has 0 aliphatic carbocycles. The molecule has 1 amide bonds. The van der Waals surface area contributed by atoms with Crippen LogP contribution in [-0.4, -0.2) is 33.9 Å². The number of benzene rings is 2. The van der Waals surface area contributed by atoms with Crippen LogP contribution >= 0.6 is 0 Å². The molecule has 2 aromatic rings. The molecule has 0 fully saturated rings. The van der Waals surface area contributed by atoms with Crippen molar-refractivity contribution in [3.63, 3.8) is 0 Å². The highest BCUT2D eigenvalue weighted by atomic mass is 32.2. The fourth-order valence-corrected chi connectivity index (χ4v) is 3.51. The van der Waals surface area contributed by atoms with Gasteiger partial charge in [0.2, 0.25) is 0 Å². The number of amides is 1. The summed E-state index contributed by atoms with van der Waals surface area (Å²) in [7, 11) is -2.78. The van der Waals surface area contributed by atoms with Crippen LogP contribution in [0.4, 0.5) is 5.69 Å². The molecule has 0 heterocycles. The largest absolute Gasteiger partial charge is 0.465 e. The van der Waals surface area contributed by atoms with Crippen molar-refractivity contribution in [2.75, 3.05) is 18.4 Å². The molecule has 0 atom stereocenters. The predicted molar refractivity (Wildman–Crippen MR) is 102 cm³/mol. The second-order valence-electron chi connectivity index (χ2n) is 5.88. The summed E-state index contributed by atoms with van der Waals surface area (Å²) in [6, 6.07) is 10.5. The van der Waals surface area contributed by atoms with Gasteiger partial charge < -0.3 is 10.1 Å². The van der Waals surface area contributed by atoms with Gasteiger partial charge >= 0.3 is 5.97 Å². The van der Waals surface area contributed by atoms with Crippen LogP contribution in [0.1, 0.15) is 39.6 Å². The minimum Gasteiger partial charge on any atom is -0.465 e. The quantitative estimate of drug-likeness (QED) is 0.708. The lowest BCUT2D eigenvalue weighted by Crippen LogP contribution is -2.26. The fourth-order valence-electron chi connectivity index (χ4n) is 2.41.